The van der Waals surface area contributed by atoms with Crippen molar-refractivity contribution in [3.63, 3.8) is 0 Å². The van der Waals surface area contributed by atoms with Crippen LogP contribution in [0, 0.1) is 5.92 Å². The van der Waals surface area contributed by atoms with E-state index in [2.05, 4.69) is 20.3 Å². The van der Waals surface area contributed by atoms with Gasteiger partial charge in [0, 0.05) is 12.6 Å². The van der Waals surface area contributed by atoms with Crippen LogP contribution in [0.25, 0.3) is 0 Å². The van der Waals surface area contributed by atoms with Crippen molar-refractivity contribution in [2.45, 2.75) is 12.8 Å². The first-order valence-corrected chi connectivity index (χ1v) is 4.78. The first kappa shape index (κ1) is 9.21. The molecule has 14 heavy (non-hydrogen) atoms. The number of hydrogen-bond donors (Lipinski definition) is 2. The molecule has 1 aromatic rings. The van der Waals surface area contributed by atoms with E-state index >= 15 is 0 Å². The van der Waals surface area contributed by atoms with Crippen LogP contribution in [0.3, 0.4) is 0 Å². The molecule has 2 rings (SSSR count). The topological polar surface area (TPSA) is 67.2 Å². The van der Waals surface area contributed by atoms with E-state index in [1.54, 1.807) is 6.07 Å². The van der Waals surface area contributed by atoms with Crippen LogP contribution in [0.4, 0.5) is 5.82 Å². The number of carbonyl (C=O) groups excluding carboxylic acids is 1. The molecule has 0 unspecified atom stereocenters. The lowest BCUT2D eigenvalue weighted by molar-refractivity contribution is -0.120. The number of piperidine rings is 1. The van der Waals surface area contributed by atoms with Gasteiger partial charge in [-0.15, -0.1) is 0 Å². The zero-order valence-electron chi connectivity index (χ0n) is 7.82. The average molecular weight is 195 g/mol. The molecule has 0 spiro atoms. The molecule has 0 aliphatic carbocycles. The fourth-order valence-electron chi connectivity index (χ4n) is 1.58. The maximum atomic E-state index is 11.6. The molecule has 5 heteroatoms. The molecule has 0 radical (unpaired) electrons. The van der Waals surface area contributed by atoms with E-state index in [1.807, 2.05) is 0 Å². The molecule has 2 N–H and O–H groups in total. The van der Waals surface area contributed by atoms with Gasteiger partial charge in [0.25, 0.3) is 0 Å². The summed E-state index contributed by atoms with van der Waals surface area (Å²) < 4.78 is 4.62. The number of nitrogens with zero attached hydrogens (tertiary/aromatic N) is 1. The van der Waals surface area contributed by atoms with Crippen LogP contribution in [0.5, 0.6) is 0 Å². The molecule has 5 nitrogen and oxygen atoms in total. The number of nitrogens with one attached hydrogen (secondary N) is 2. The van der Waals surface area contributed by atoms with Gasteiger partial charge in [0.1, 0.15) is 6.26 Å². The van der Waals surface area contributed by atoms with E-state index in [-0.39, 0.29) is 11.8 Å². The van der Waals surface area contributed by atoms with Crippen LogP contribution in [0.2, 0.25) is 0 Å². The van der Waals surface area contributed by atoms with Crippen LogP contribution in [0.15, 0.2) is 16.9 Å². The van der Waals surface area contributed by atoms with Crippen molar-refractivity contribution in [2.24, 2.45) is 5.92 Å². The minimum Gasteiger partial charge on any atom is -0.363 e. The largest absolute Gasteiger partial charge is 0.363 e. The predicted octanol–water partition coefficient (Wildman–Crippen LogP) is 0.613. The molecular formula is C9H13N3O2. The Bertz CT molecular complexity index is 291. The Morgan fingerprint density at radius 1 is 1.71 bits per heavy atom. The maximum absolute atomic E-state index is 11.6. The molecular weight excluding hydrogens is 182 g/mol. The summed E-state index contributed by atoms with van der Waals surface area (Å²) >= 11 is 0. The highest BCUT2D eigenvalue weighted by Gasteiger charge is 2.21. The zero-order chi connectivity index (χ0) is 9.80. The van der Waals surface area contributed by atoms with Gasteiger partial charge in [-0.1, -0.05) is 5.16 Å². The third-order valence-corrected chi connectivity index (χ3v) is 2.36. The summed E-state index contributed by atoms with van der Waals surface area (Å²) in [7, 11) is 0. The Morgan fingerprint density at radius 3 is 3.29 bits per heavy atom. The van der Waals surface area contributed by atoms with Gasteiger partial charge in [0.05, 0.1) is 5.92 Å². The molecule has 1 saturated heterocycles. The molecule has 0 bridgehead atoms. The lowest BCUT2D eigenvalue weighted by atomic mass is 9.99. The average Bonchev–Trinajstić information content (AvgIpc) is 2.72. The van der Waals surface area contributed by atoms with E-state index in [0.29, 0.717) is 5.82 Å². The highest BCUT2D eigenvalue weighted by Crippen LogP contribution is 2.12. The minimum absolute atomic E-state index is 0.0195. The summed E-state index contributed by atoms with van der Waals surface area (Å²) in [4.78, 5) is 11.6. The van der Waals surface area contributed by atoms with Crippen molar-refractivity contribution in [3.05, 3.63) is 12.3 Å². The summed E-state index contributed by atoms with van der Waals surface area (Å²) in [6.45, 7) is 1.76. The standard InChI is InChI=1S/C9H13N3O2/c13-9(7-2-1-4-10-6-7)11-8-3-5-14-12-8/h3,5,7,10H,1-2,4,6H2,(H,11,12,13)/t7-/m0/s1. The van der Waals surface area contributed by atoms with Crippen LogP contribution >= 0.6 is 0 Å². The van der Waals surface area contributed by atoms with E-state index in [0.717, 1.165) is 25.9 Å². The number of amides is 1. The predicted molar refractivity (Wildman–Crippen MR) is 50.7 cm³/mol. The monoisotopic (exact) mass is 195 g/mol. The Kier molecular flexibility index (Phi) is 2.78. The first-order valence-electron chi connectivity index (χ1n) is 4.78. The van der Waals surface area contributed by atoms with Crippen molar-refractivity contribution in [3.8, 4) is 0 Å². The molecule has 1 aromatic heterocycles. The second-order valence-corrected chi connectivity index (χ2v) is 3.42. The summed E-state index contributed by atoms with van der Waals surface area (Å²) in [6.07, 6.45) is 3.43. The Balaban J connectivity index is 1.88. The first-order chi connectivity index (χ1) is 6.86. The van der Waals surface area contributed by atoms with Crippen LogP contribution in [-0.4, -0.2) is 24.2 Å². The van der Waals surface area contributed by atoms with Crippen molar-refractivity contribution in [1.82, 2.24) is 10.5 Å². The third-order valence-electron chi connectivity index (χ3n) is 2.36. The normalized spacial score (nSPS) is 21.9. The highest BCUT2D eigenvalue weighted by molar-refractivity contribution is 5.91. The molecule has 1 aliphatic rings. The number of carbonyl (C=O) groups is 1. The molecule has 0 saturated carbocycles. The maximum Gasteiger partial charge on any atom is 0.230 e. The Morgan fingerprint density at radius 2 is 2.64 bits per heavy atom. The third kappa shape index (κ3) is 2.11. The fourth-order valence-corrected chi connectivity index (χ4v) is 1.58. The Hall–Kier alpha value is -1.36. The van der Waals surface area contributed by atoms with Crippen molar-refractivity contribution < 1.29 is 9.32 Å². The molecule has 1 amide bonds. The van der Waals surface area contributed by atoms with Crippen LogP contribution in [0.1, 0.15) is 12.8 Å². The van der Waals surface area contributed by atoms with E-state index in [1.165, 1.54) is 6.26 Å². The molecule has 76 valence electrons. The van der Waals surface area contributed by atoms with Crippen molar-refractivity contribution in [1.29, 1.82) is 0 Å². The number of hydrogen-bond acceptors (Lipinski definition) is 4. The van der Waals surface area contributed by atoms with Gasteiger partial charge in [-0.2, -0.15) is 0 Å². The van der Waals surface area contributed by atoms with E-state index in [9.17, 15) is 4.79 Å². The molecule has 1 fully saturated rings. The minimum atomic E-state index is 0.0195. The van der Waals surface area contributed by atoms with Crippen LogP contribution < -0.4 is 10.6 Å². The van der Waals surface area contributed by atoms with Crippen molar-refractivity contribution in [2.75, 3.05) is 18.4 Å². The van der Waals surface area contributed by atoms with Crippen molar-refractivity contribution >= 4 is 11.7 Å². The number of aromatic nitrogens is 1. The quantitative estimate of drug-likeness (QED) is 0.725. The smallest absolute Gasteiger partial charge is 0.230 e. The van der Waals surface area contributed by atoms with Gasteiger partial charge in [-0.25, -0.2) is 0 Å². The second-order valence-electron chi connectivity index (χ2n) is 3.42. The molecule has 2 heterocycles. The van der Waals surface area contributed by atoms with Crippen LogP contribution in [-0.2, 0) is 4.79 Å². The van der Waals surface area contributed by atoms with Gasteiger partial charge < -0.3 is 15.2 Å². The molecule has 1 aliphatic heterocycles. The Labute approximate surface area is 81.8 Å². The van der Waals surface area contributed by atoms with Gasteiger partial charge >= 0.3 is 0 Å². The molecule has 0 aromatic carbocycles. The second kappa shape index (κ2) is 4.23. The van der Waals surface area contributed by atoms with Gasteiger partial charge in [-0.05, 0) is 19.4 Å². The lowest BCUT2D eigenvalue weighted by Gasteiger charge is -2.21. The zero-order valence-corrected chi connectivity index (χ0v) is 7.82. The summed E-state index contributed by atoms with van der Waals surface area (Å²) in [5.41, 5.74) is 0. The summed E-state index contributed by atoms with van der Waals surface area (Å²) in [6, 6.07) is 1.63. The highest BCUT2D eigenvalue weighted by atomic mass is 16.5. The van der Waals surface area contributed by atoms with E-state index in [4.69, 9.17) is 0 Å². The van der Waals surface area contributed by atoms with Gasteiger partial charge in [-0.3, -0.25) is 4.79 Å². The molecule has 1 atom stereocenters. The van der Waals surface area contributed by atoms with E-state index < -0.39 is 0 Å². The summed E-state index contributed by atoms with van der Waals surface area (Å²) in [5, 5.41) is 9.52. The SMILES string of the molecule is O=C(Nc1ccon1)[C@H]1CCCNC1. The van der Waals surface area contributed by atoms with Gasteiger partial charge in [0.15, 0.2) is 5.82 Å². The number of anilines is 1. The fraction of sp³-hybridized carbons (Fsp3) is 0.556. The lowest BCUT2D eigenvalue weighted by Crippen LogP contribution is -2.37. The number of rotatable bonds is 2. The van der Waals surface area contributed by atoms with Gasteiger partial charge in [0.2, 0.25) is 5.91 Å². The summed E-state index contributed by atoms with van der Waals surface area (Å²) in [5.74, 6) is 0.562.